The van der Waals surface area contributed by atoms with Crippen molar-refractivity contribution in [2.75, 3.05) is 18.4 Å². The molecule has 35 heavy (non-hydrogen) atoms. The smallest absolute Gasteiger partial charge is 0.405 e. The summed E-state index contributed by atoms with van der Waals surface area (Å²) in [5.74, 6) is 0. The normalized spacial score (nSPS) is 14.7. The average molecular weight is 511 g/mol. The van der Waals surface area contributed by atoms with E-state index in [1.54, 1.807) is 29.2 Å². The van der Waals surface area contributed by atoms with E-state index in [0.717, 1.165) is 21.7 Å². The summed E-state index contributed by atoms with van der Waals surface area (Å²) in [6, 6.07) is 12.6. The maximum absolute atomic E-state index is 13.0. The van der Waals surface area contributed by atoms with Crippen LogP contribution in [-0.4, -0.2) is 50.7 Å². The molecule has 1 aliphatic heterocycles. The van der Waals surface area contributed by atoms with Crippen molar-refractivity contribution in [3.8, 4) is 27.8 Å². The van der Waals surface area contributed by atoms with Crippen LogP contribution in [0.25, 0.3) is 21.7 Å². The Morgan fingerprint density at radius 3 is 2.60 bits per heavy atom. The van der Waals surface area contributed by atoms with Crippen LogP contribution in [0.4, 0.5) is 14.7 Å². The van der Waals surface area contributed by atoms with Gasteiger partial charge in [0, 0.05) is 29.9 Å². The number of carbonyl (C=O) groups is 2. The minimum Gasteiger partial charge on any atom is -0.465 e. The van der Waals surface area contributed by atoms with Crippen LogP contribution >= 0.6 is 22.9 Å². The molecule has 3 aromatic rings. The Morgan fingerprint density at radius 1 is 1.20 bits per heavy atom. The molecule has 1 fully saturated rings. The summed E-state index contributed by atoms with van der Waals surface area (Å²) in [6.07, 6.45) is -0.0478. The van der Waals surface area contributed by atoms with E-state index >= 15 is 0 Å². The molecule has 0 atom stereocenters. The Labute approximate surface area is 211 Å². The highest BCUT2D eigenvalue weighted by Crippen LogP contribution is 2.40. The second-order valence-electron chi connectivity index (χ2n) is 8.62. The van der Waals surface area contributed by atoms with E-state index in [9.17, 15) is 14.9 Å². The molecule has 0 bridgehead atoms. The minimum absolute atomic E-state index is 0.302. The standard InChI is InChI=1S/C24H23ClN6O3S/c1-14-10-17(12-18(25)27-14)20-19(16-5-3-4-15(11-16)13-26)28-21(35-20)29-22(32)31-8-6-24(2,7-9-31)30-23(33)34/h3-5,10-12,30H,6-9H2,1-2H3,(H,33,34)(H,28,29,32). The van der Waals surface area contributed by atoms with Gasteiger partial charge in [-0.15, -0.1) is 0 Å². The number of halogens is 1. The molecule has 3 heterocycles. The van der Waals surface area contributed by atoms with E-state index in [2.05, 4.69) is 21.7 Å². The van der Waals surface area contributed by atoms with E-state index in [-0.39, 0.29) is 6.03 Å². The largest absolute Gasteiger partial charge is 0.465 e. The monoisotopic (exact) mass is 510 g/mol. The van der Waals surface area contributed by atoms with Gasteiger partial charge in [-0.25, -0.2) is 19.6 Å². The summed E-state index contributed by atoms with van der Waals surface area (Å²) in [5.41, 5.74) is 2.87. The van der Waals surface area contributed by atoms with Gasteiger partial charge >= 0.3 is 12.1 Å². The van der Waals surface area contributed by atoms with Gasteiger partial charge in [-0.1, -0.05) is 35.1 Å². The topological polar surface area (TPSA) is 131 Å². The van der Waals surface area contributed by atoms with Gasteiger partial charge in [0.25, 0.3) is 0 Å². The number of aromatic nitrogens is 2. The number of nitriles is 1. The predicted octanol–water partition coefficient (Wildman–Crippen LogP) is 5.36. The molecule has 9 nitrogen and oxygen atoms in total. The summed E-state index contributed by atoms with van der Waals surface area (Å²) in [7, 11) is 0. The summed E-state index contributed by atoms with van der Waals surface area (Å²) < 4.78 is 0. The Balaban J connectivity index is 1.61. The minimum atomic E-state index is -1.07. The quantitative estimate of drug-likeness (QED) is 0.405. The van der Waals surface area contributed by atoms with Crippen LogP contribution in [0.5, 0.6) is 0 Å². The first-order chi connectivity index (χ1) is 16.7. The Morgan fingerprint density at radius 2 is 1.94 bits per heavy atom. The zero-order valence-corrected chi connectivity index (χ0v) is 20.7. The molecule has 11 heteroatoms. The molecule has 1 aliphatic rings. The number of urea groups is 1. The van der Waals surface area contributed by atoms with E-state index in [1.165, 1.54) is 11.3 Å². The lowest BCUT2D eigenvalue weighted by atomic mass is 9.90. The Hall–Kier alpha value is -3.68. The number of benzene rings is 1. The SMILES string of the molecule is Cc1cc(-c2sc(NC(=O)N3CCC(C)(NC(=O)O)CC3)nc2-c2cccc(C#N)c2)cc(Cl)n1. The molecule has 3 N–H and O–H groups in total. The third kappa shape index (κ3) is 5.70. The van der Waals surface area contributed by atoms with Crippen molar-refractivity contribution in [2.45, 2.75) is 32.2 Å². The van der Waals surface area contributed by atoms with Crippen molar-refractivity contribution < 1.29 is 14.7 Å². The summed E-state index contributed by atoms with van der Waals surface area (Å²) >= 11 is 7.51. The van der Waals surface area contributed by atoms with E-state index < -0.39 is 11.6 Å². The zero-order valence-electron chi connectivity index (χ0n) is 19.1. The maximum Gasteiger partial charge on any atom is 0.405 e. The molecule has 0 aliphatic carbocycles. The lowest BCUT2D eigenvalue weighted by Crippen LogP contribution is -2.54. The molecule has 2 aromatic heterocycles. The van der Waals surface area contributed by atoms with Crippen molar-refractivity contribution in [2.24, 2.45) is 0 Å². The number of pyridine rings is 1. The number of rotatable bonds is 4. The number of nitrogens with zero attached hydrogens (tertiary/aromatic N) is 4. The number of hydrogen-bond donors (Lipinski definition) is 3. The van der Waals surface area contributed by atoms with Gasteiger partial charge in [0.2, 0.25) is 0 Å². The van der Waals surface area contributed by atoms with Crippen LogP contribution in [0.1, 0.15) is 31.0 Å². The Kier molecular flexibility index (Phi) is 6.91. The molecular weight excluding hydrogens is 488 g/mol. The molecule has 1 saturated heterocycles. The van der Waals surface area contributed by atoms with Crippen LogP contribution in [0, 0.1) is 18.3 Å². The highest BCUT2D eigenvalue weighted by molar-refractivity contribution is 7.19. The van der Waals surface area contributed by atoms with Crippen molar-refractivity contribution in [1.29, 1.82) is 5.26 Å². The summed E-state index contributed by atoms with van der Waals surface area (Å²) in [6.45, 7) is 4.51. The fourth-order valence-electron chi connectivity index (χ4n) is 4.02. The van der Waals surface area contributed by atoms with Crippen molar-refractivity contribution in [1.82, 2.24) is 20.2 Å². The molecule has 0 unspecified atom stereocenters. The number of piperidine rings is 1. The van der Waals surface area contributed by atoms with Crippen molar-refractivity contribution in [3.05, 3.63) is 52.8 Å². The molecule has 4 rings (SSSR count). The molecule has 1 aromatic carbocycles. The number of aryl methyl sites for hydroxylation is 1. The Bertz CT molecular complexity index is 1310. The maximum atomic E-state index is 13.0. The first-order valence-corrected chi connectivity index (χ1v) is 12.1. The van der Waals surface area contributed by atoms with Gasteiger partial charge in [-0.2, -0.15) is 5.26 Å². The highest BCUT2D eigenvalue weighted by Gasteiger charge is 2.33. The molecular formula is C24H23ClN6O3S. The van der Waals surface area contributed by atoms with E-state index in [1.807, 2.05) is 26.0 Å². The highest BCUT2D eigenvalue weighted by atomic mass is 35.5. The second kappa shape index (κ2) is 9.90. The van der Waals surface area contributed by atoms with Gasteiger partial charge in [0.05, 0.1) is 22.2 Å². The van der Waals surface area contributed by atoms with Crippen molar-refractivity contribution >= 4 is 40.2 Å². The molecule has 3 amide bonds. The first kappa shape index (κ1) is 24.4. The van der Waals surface area contributed by atoms with Crippen LogP contribution in [0.2, 0.25) is 5.15 Å². The number of likely N-dealkylation sites (tertiary alicyclic amines) is 1. The fraction of sp³-hybridized carbons (Fsp3) is 0.292. The molecule has 0 saturated carbocycles. The van der Waals surface area contributed by atoms with E-state index in [0.29, 0.717) is 47.5 Å². The number of anilines is 1. The molecule has 0 radical (unpaired) electrons. The van der Waals surface area contributed by atoms with Gasteiger partial charge in [-0.3, -0.25) is 5.32 Å². The van der Waals surface area contributed by atoms with Crippen LogP contribution in [0.3, 0.4) is 0 Å². The number of carbonyl (C=O) groups excluding carboxylic acids is 1. The average Bonchev–Trinajstić information content (AvgIpc) is 3.22. The second-order valence-corrected chi connectivity index (χ2v) is 10.0. The molecule has 180 valence electrons. The number of nitrogens with one attached hydrogen (secondary N) is 2. The lowest BCUT2D eigenvalue weighted by molar-refractivity contribution is 0.143. The third-order valence-electron chi connectivity index (χ3n) is 5.85. The summed E-state index contributed by atoms with van der Waals surface area (Å²) in [4.78, 5) is 35.4. The third-order valence-corrected chi connectivity index (χ3v) is 7.07. The van der Waals surface area contributed by atoms with Crippen molar-refractivity contribution in [3.63, 3.8) is 0 Å². The van der Waals surface area contributed by atoms with Gasteiger partial charge in [0.15, 0.2) is 5.13 Å². The van der Waals surface area contributed by atoms with Crippen LogP contribution < -0.4 is 10.6 Å². The number of hydrogen-bond acceptors (Lipinski definition) is 6. The van der Waals surface area contributed by atoms with Gasteiger partial charge in [-0.05, 0) is 56.5 Å². The number of carboxylic acid groups (broad SMARTS) is 1. The zero-order chi connectivity index (χ0) is 25.2. The van der Waals surface area contributed by atoms with E-state index in [4.69, 9.17) is 21.7 Å². The number of thiazole rings is 1. The predicted molar refractivity (Wildman–Crippen MR) is 135 cm³/mol. The van der Waals surface area contributed by atoms with Crippen LogP contribution in [-0.2, 0) is 0 Å². The number of amides is 3. The fourth-order valence-corrected chi connectivity index (χ4v) is 5.23. The van der Waals surface area contributed by atoms with Gasteiger partial charge in [0.1, 0.15) is 5.15 Å². The lowest BCUT2D eigenvalue weighted by Gasteiger charge is -2.38. The first-order valence-electron chi connectivity index (χ1n) is 10.9. The summed E-state index contributed by atoms with van der Waals surface area (Å²) in [5, 5.41) is 24.6. The molecule has 0 spiro atoms. The van der Waals surface area contributed by atoms with Gasteiger partial charge < -0.3 is 15.3 Å². The van der Waals surface area contributed by atoms with Crippen LogP contribution in [0.15, 0.2) is 36.4 Å².